The number of nitrogens with two attached hydrogens (primary N) is 1. The molecule has 1 heterocycles. The number of hydrogen-bond donors (Lipinski definition) is 2. The molecule has 2 rings (SSSR count). The maximum atomic E-state index is 10.9. The summed E-state index contributed by atoms with van der Waals surface area (Å²) >= 11 is 0. The number of hydrogen-bond acceptors (Lipinski definition) is 4. The summed E-state index contributed by atoms with van der Waals surface area (Å²) in [6.07, 6.45) is -1.61. The van der Waals surface area contributed by atoms with Crippen molar-refractivity contribution in [3.63, 3.8) is 0 Å². The molecule has 0 aliphatic carbocycles. The Hall–Kier alpha value is -3.35. The minimum Gasteiger partial charge on any atom is -0.475 e. The molecule has 0 saturated heterocycles. The fourth-order valence-electron chi connectivity index (χ4n) is 1.70. The van der Waals surface area contributed by atoms with Crippen LogP contribution in [0.5, 0.6) is 0 Å². The van der Waals surface area contributed by atoms with Gasteiger partial charge in [-0.25, -0.2) is 9.78 Å². The van der Waals surface area contributed by atoms with Crippen LogP contribution < -0.4 is 5.73 Å². The second-order valence-electron chi connectivity index (χ2n) is 4.77. The second kappa shape index (κ2) is 8.49. The van der Waals surface area contributed by atoms with Crippen LogP contribution in [-0.2, 0) is 22.6 Å². The van der Waals surface area contributed by atoms with E-state index in [9.17, 15) is 18.0 Å². The van der Waals surface area contributed by atoms with Gasteiger partial charge in [0.1, 0.15) is 0 Å². The molecule has 0 bridgehead atoms. The average molecular weight is 354 g/mol. The number of carboxylic acid groups (broad SMARTS) is 1. The number of primary amides is 1. The lowest BCUT2D eigenvalue weighted by Gasteiger charge is -2.07. The number of amides is 1. The molecular weight excluding hydrogens is 341 g/mol. The smallest absolute Gasteiger partial charge is 0.475 e. The summed E-state index contributed by atoms with van der Waals surface area (Å²) < 4.78 is 33.6. The summed E-state index contributed by atoms with van der Waals surface area (Å²) in [5.41, 5.74) is 7.62. The highest BCUT2D eigenvalue weighted by Crippen LogP contribution is 2.13. The van der Waals surface area contributed by atoms with Crippen LogP contribution in [0.1, 0.15) is 16.8 Å². The summed E-state index contributed by atoms with van der Waals surface area (Å²) in [6, 6.07) is 9.36. The maximum absolute atomic E-state index is 10.9. The quantitative estimate of drug-likeness (QED) is 0.861. The highest BCUT2D eigenvalue weighted by Gasteiger charge is 2.38. The molecule has 0 atom stereocenters. The summed E-state index contributed by atoms with van der Waals surface area (Å²) in [6.45, 7) is 0.605. The zero-order valence-corrected chi connectivity index (χ0v) is 12.7. The van der Waals surface area contributed by atoms with Gasteiger partial charge in [0.25, 0.3) is 0 Å². The Morgan fingerprint density at radius 2 is 1.84 bits per heavy atom. The zero-order valence-electron chi connectivity index (χ0n) is 12.7. The van der Waals surface area contributed by atoms with E-state index in [0.717, 1.165) is 11.3 Å². The molecule has 0 aliphatic rings. The van der Waals surface area contributed by atoms with Gasteiger partial charge in [-0.3, -0.25) is 4.79 Å². The number of benzene rings is 1. The molecule has 0 spiro atoms. The first-order valence-corrected chi connectivity index (χ1v) is 6.70. The molecule has 3 N–H and O–H groups in total. The van der Waals surface area contributed by atoms with E-state index < -0.39 is 12.1 Å². The normalized spacial score (nSPS) is 10.3. The third-order valence-corrected chi connectivity index (χ3v) is 2.83. The molecule has 1 amide bonds. The fraction of sp³-hybridized carbons (Fsp3) is 0.200. The van der Waals surface area contributed by atoms with Gasteiger partial charge in [0.05, 0.1) is 24.4 Å². The summed E-state index contributed by atoms with van der Waals surface area (Å²) in [4.78, 5) is 23.8. The topological polar surface area (TPSA) is 122 Å². The number of alkyl halides is 3. The number of aliphatic carboxylic acids is 1. The molecule has 10 heteroatoms. The van der Waals surface area contributed by atoms with Crippen molar-refractivity contribution in [1.29, 1.82) is 5.26 Å². The van der Waals surface area contributed by atoms with Crippen molar-refractivity contribution in [1.82, 2.24) is 9.55 Å². The molecule has 132 valence electrons. The number of carbonyl (C=O) groups excluding carboxylic acids is 1. The minimum absolute atomic E-state index is 0.177. The van der Waals surface area contributed by atoms with E-state index in [-0.39, 0.29) is 12.3 Å². The maximum Gasteiger partial charge on any atom is 0.490 e. The number of carboxylic acids is 1. The lowest BCUT2D eigenvalue weighted by Crippen LogP contribution is -2.21. The average Bonchev–Trinajstić information content (AvgIpc) is 2.94. The van der Waals surface area contributed by atoms with Crippen LogP contribution in [0.2, 0.25) is 0 Å². The Balaban J connectivity index is 0.000000381. The number of imidazole rings is 1. The highest BCUT2D eigenvalue weighted by atomic mass is 19.4. The fourth-order valence-corrected chi connectivity index (χ4v) is 1.70. The molecule has 0 unspecified atom stereocenters. The number of nitriles is 1. The number of carbonyl (C=O) groups is 2. The molecular formula is C15H13F3N4O3. The van der Waals surface area contributed by atoms with E-state index in [0.29, 0.717) is 12.1 Å². The third-order valence-electron chi connectivity index (χ3n) is 2.83. The third kappa shape index (κ3) is 6.74. The van der Waals surface area contributed by atoms with Crippen molar-refractivity contribution >= 4 is 11.9 Å². The lowest BCUT2D eigenvalue weighted by molar-refractivity contribution is -0.192. The lowest BCUT2D eigenvalue weighted by atomic mass is 10.1. The Labute approximate surface area is 140 Å². The van der Waals surface area contributed by atoms with Crippen molar-refractivity contribution in [3.8, 4) is 6.07 Å². The van der Waals surface area contributed by atoms with Gasteiger partial charge >= 0.3 is 12.1 Å². The summed E-state index contributed by atoms with van der Waals surface area (Å²) in [7, 11) is 0. The van der Waals surface area contributed by atoms with Crippen LogP contribution in [0.3, 0.4) is 0 Å². The Morgan fingerprint density at radius 1 is 1.28 bits per heavy atom. The van der Waals surface area contributed by atoms with Crippen LogP contribution in [0.15, 0.2) is 36.8 Å². The molecule has 0 aliphatic heterocycles. The first kappa shape index (κ1) is 19.7. The van der Waals surface area contributed by atoms with Crippen LogP contribution >= 0.6 is 0 Å². The van der Waals surface area contributed by atoms with Crippen molar-refractivity contribution in [3.05, 3.63) is 53.6 Å². The highest BCUT2D eigenvalue weighted by molar-refractivity contribution is 5.76. The van der Waals surface area contributed by atoms with Crippen molar-refractivity contribution in [2.45, 2.75) is 19.1 Å². The predicted molar refractivity (Wildman–Crippen MR) is 79.1 cm³/mol. The van der Waals surface area contributed by atoms with E-state index in [4.69, 9.17) is 20.9 Å². The number of aromatic nitrogens is 2. The predicted octanol–water partition coefficient (Wildman–Crippen LogP) is 1.46. The Kier molecular flexibility index (Phi) is 6.69. The van der Waals surface area contributed by atoms with Crippen molar-refractivity contribution in [2.75, 3.05) is 0 Å². The minimum atomic E-state index is -5.08. The Bertz CT molecular complexity index is 777. The SMILES string of the molecule is N#Cc1ccc(Cn2cncc2CC(N)=O)cc1.O=C(O)C(F)(F)F. The van der Waals surface area contributed by atoms with Gasteiger partial charge in [-0.15, -0.1) is 0 Å². The van der Waals surface area contributed by atoms with Gasteiger partial charge < -0.3 is 15.4 Å². The summed E-state index contributed by atoms with van der Waals surface area (Å²) in [5, 5.41) is 15.8. The van der Waals surface area contributed by atoms with Gasteiger partial charge in [-0.2, -0.15) is 18.4 Å². The Morgan fingerprint density at radius 3 is 2.28 bits per heavy atom. The van der Waals surface area contributed by atoms with Crippen LogP contribution in [-0.4, -0.2) is 32.7 Å². The largest absolute Gasteiger partial charge is 0.490 e. The number of halogens is 3. The molecule has 0 saturated carbocycles. The standard InChI is InChI=1S/C13H12N4O.C2HF3O2/c14-6-10-1-3-11(4-2-10)8-17-9-16-7-12(17)5-13(15)18;3-2(4,5)1(6)7/h1-4,7,9H,5,8H2,(H2,15,18);(H,6,7). The van der Waals surface area contributed by atoms with Crippen LogP contribution in [0.4, 0.5) is 13.2 Å². The van der Waals surface area contributed by atoms with Gasteiger partial charge in [0, 0.05) is 18.4 Å². The molecule has 7 nitrogen and oxygen atoms in total. The van der Waals surface area contributed by atoms with E-state index in [1.165, 1.54) is 0 Å². The molecule has 0 fully saturated rings. The van der Waals surface area contributed by atoms with Gasteiger partial charge in [-0.05, 0) is 17.7 Å². The second-order valence-corrected chi connectivity index (χ2v) is 4.77. The van der Waals surface area contributed by atoms with Gasteiger partial charge in [0.15, 0.2) is 0 Å². The van der Waals surface area contributed by atoms with Crippen molar-refractivity contribution < 1.29 is 27.9 Å². The van der Waals surface area contributed by atoms with Gasteiger partial charge in [-0.1, -0.05) is 12.1 Å². The van der Waals surface area contributed by atoms with E-state index in [1.54, 1.807) is 24.7 Å². The van der Waals surface area contributed by atoms with E-state index >= 15 is 0 Å². The summed E-state index contributed by atoms with van der Waals surface area (Å²) in [5.74, 6) is -3.14. The molecule has 1 aromatic carbocycles. The van der Waals surface area contributed by atoms with E-state index in [2.05, 4.69) is 11.1 Å². The monoisotopic (exact) mass is 354 g/mol. The first-order chi connectivity index (χ1) is 11.6. The first-order valence-electron chi connectivity index (χ1n) is 6.70. The molecule has 25 heavy (non-hydrogen) atoms. The zero-order chi connectivity index (χ0) is 19.0. The van der Waals surface area contributed by atoms with Crippen LogP contribution in [0.25, 0.3) is 0 Å². The van der Waals surface area contributed by atoms with E-state index in [1.807, 2.05) is 16.7 Å². The number of rotatable bonds is 4. The van der Waals surface area contributed by atoms with Crippen molar-refractivity contribution in [2.24, 2.45) is 5.73 Å². The van der Waals surface area contributed by atoms with Gasteiger partial charge in [0.2, 0.25) is 5.91 Å². The molecule has 0 radical (unpaired) electrons. The molecule has 2 aromatic rings. The molecule has 1 aromatic heterocycles. The number of nitrogens with zero attached hydrogens (tertiary/aromatic N) is 3. The van der Waals surface area contributed by atoms with Crippen LogP contribution in [0, 0.1) is 11.3 Å².